The Hall–Kier alpha value is -4.59. The van der Waals surface area contributed by atoms with Gasteiger partial charge in [-0.1, -0.05) is 30.3 Å². The Balaban J connectivity index is 1.59. The molecule has 0 saturated carbocycles. The fraction of sp³-hybridized carbons (Fsp3) is 0.0417. The summed E-state index contributed by atoms with van der Waals surface area (Å²) < 4.78 is 12.7. The van der Waals surface area contributed by atoms with Gasteiger partial charge in [0.15, 0.2) is 17.1 Å². The van der Waals surface area contributed by atoms with E-state index < -0.39 is 0 Å². The van der Waals surface area contributed by atoms with Gasteiger partial charge in [-0.3, -0.25) is 9.36 Å². The average Bonchev–Trinajstić information content (AvgIpc) is 3.39. The Labute approximate surface area is 182 Å². The van der Waals surface area contributed by atoms with Crippen molar-refractivity contribution in [3.05, 3.63) is 78.4 Å². The van der Waals surface area contributed by atoms with Crippen molar-refractivity contribution in [1.82, 2.24) is 14.5 Å². The van der Waals surface area contributed by atoms with Crippen LogP contribution in [0.5, 0.6) is 11.5 Å². The quantitative estimate of drug-likeness (QED) is 0.452. The van der Waals surface area contributed by atoms with Gasteiger partial charge < -0.3 is 20.5 Å². The summed E-state index contributed by atoms with van der Waals surface area (Å²) in [5.41, 5.74) is 10.5. The number of nitrogen functional groups attached to an aromatic ring is 1. The fourth-order valence-electron chi connectivity index (χ4n) is 3.89. The van der Waals surface area contributed by atoms with E-state index in [2.05, 4.69) is 5.32 Å². The minimum atomic E-state index is -0.359. The minimum absolute atomic E-state index is 0.163. The number of carbonyl (C=O) groups is 1. The molecule has 0 aliphatic carbocycles. The summed E-state index contributed by atoms with van der Waals surface area (Å²) >= 11 is 0. The summed E-state index contributed by atoms with van der Waals surface area (Å²) in [4.78, 5) is 22.8. The number of aromatic nitrogens is 3. The number of fused-ring (bicyclic) bond motifs is 3. The van der Waals surface area contributed by atoms with E-state index in [1.54, 1.807) is 10.6 Å². The highest BCUT2D eigenvalue weighted by Crippen LogP contribution is 2.37. The number of para-hydroxylation sites is 3. The van der Waals surface area contributed by atoms with Gasteiger partial charge in [-0.05, 0) is 36.4 Å². The maximum atomic E-state index is 13.3. The molecule has 3 N–H and O–H groups in total. The maximum Gasteiger partial charge on any atom is 0.261 e. The first-order valence-electron chi connectivity index (χ1n) is 10.0. The van der Waals surface area contributed by atoms with E-state index in [1.807, 2.05) is 66.7 Å². The van der Waals surface area contributed by atoms with Crippen LogP contribution in [0.4, 0.5) is 11.5 Å². The third-order valence-electron chi connectivity index (χ3n) is 5.37. The summed E-state index contributed by atoms with van der Waals surface area (Å²) in [6, 6.07) is 22.2. The number of amides is 1. The molecule has 1 aliphatic rings. The predicted molar refractivity (Wildman–Crippen MR) is 121 cm³/mol. The van der Waals surface area contributed by atoms with Gasteiger partial charge in [0.05, 0.1) is 16.7 Å². The first-order chi connectivity index (χ1) is 15.7. The minimum Gasteiger partial charge on any atom is -0.454 e. The molecular weight excluding hydrogens is 406 g/mol. The van der Waals surface area contributed by atoms with E-state index in [0.29, 0.717) is 45.1 Å². The van der Waals surface area contributed by atoms with Crippen molar-refractivity contribution < 1.29 is 14.3 Å². The molecule has 3 heterocycles. The number of carbonyl (C=O) groups excluding carboxylic acids is 1. The van der Waals surface area contributed by atoms with Crippen LogP contribution in [-0.2, 0) is 0 Å². The van der Waals surface area contributed by atoms with Crippen molar-refractivity contribution >= 4 is 39.6 Å². The topological polar surface area (TPSA) is 104 Å². The van der Waals surface area contributed by atoms with Gasteiger partial charge in [0.25, 0.3) is 5.91 Å². The van der Waals surface area contributed by atoms with Crippen molar-refractivity contribution in [2.75, 3.05) is 17.8 Å². The SMILES string of the molecule is Nc1c(C(=O)Nc2ccccc2)c2nc3ccccc3nc2n1-c1ccc2c(c1)OCO2. The maximum absolute atomic E-state index is 13.3. The summed E-state index contributed by atoms with van der Waals surface area (Å²) in [6.07, 6.45) is 0. The molecule has 2 aromatic heterocycles. The number of rotatable bonds is 3. The van der Waals surface area contributed by atoms with Crippen molar-refractivity contribution in [2.45, 2.75) is 0 Å². The van der Waals surface area contributed by atoms with Gasteiger partial charge >= 0.3 is 0 Å². The fourth-order valence-corrected chi connectivity index (χ4v) is 3.89. The van der Waals surface area contributed by atoms with Crippen molar-refractivity contribution in [3.8, 4) is 17.2 Å². The molecule has 0 atom stereocenters. The number of nitrogens with zero attached hydrogens (tertiary/aromatic N) is 3. The van der Waals surface area contributed by atoms with E-state index in [9.17, 15) is 4.79 Å². The lowest BCUT2D eigenvalue weighted by Gasteiger charge is -2.09. The second kappa shape index (κ2) is 6.98. The molecule has 1 amide bonds. The zero-order valence-electron chi connectivity index (χ0n) is 16.8. The predicted octanol–water partition coefficient (Wildman–Crippen LogP) is 4.14. The van der Waals surface area contributed by atoms with E-state index >= 15 is 0 Å². The third-order valence-corrected chi connectivity index (χ3v) is 5.37. The normalized spacial score (nSPS) is 12.4. The van der Waals surface area contributed by atoms with E-state index in [-0.39, 0.29) is 24.1 Å². The van der Waals surface area contributed by atoms with Crippen LogP contribution in [0, 0.1) is 0 Å². The standard InChI is InChI=1S/C24H17N5O3/c25-22-20(24(30)26-14-6-2-1-3-7-14)21-23(28-17-9-5-4-8-16(17)27-21)29(22)15-10-11-18-19(12-15)32-13-31-18/h1-12H,13,25H2,(H,26,30). The molecule has 8 nitrogen and oxygen atoms in total. The molecule has 3 aromatic carbocycles. The molecule has 5 aromatic rings. The van der Waals surface area contributed by atoms with Gasteiger partial charge in [-0.25, -0.2) is 9.97 Å². The molecule has 0 fully saturated rings. The Morgan fingerprint density at radius 3 is 2.44 bits per heavy atom. The molecule has 1 aliphatic heterocycles. The second-order valence-electron chi connectivity index (χ2n) is 7.34. The van der Waals surface area contributed by atoms with Crippen LogP contribution >= 0.6 is 0 Å². The van der Waals surface area contributed by atoms with Crippen LogP contribution in [-0.4, -0.2) is 27.2 Å². The zero-order valence-corrected chi connectivity index (χ0v) is 16.8. The Morgan fingerprint density at radius 2 is 1.62 bits per heavy atom. The monoisotopic (exact) mass is 423 g/mol. The summed E-state index contributed by atoms with van der Waals surface area (Å²) in [5, 5.41) is 2.90. The average molecular weight is 423 g/mol. The van der Waals surface area contributed by atoms with Gasteiger partial charge in [-0.2, -0.15) is 0 Å². The Kier molecular flexibility index (Phi) is 3.97. The highest BCUT2D eigenvalue weighted by atomic mass is 16.7. The van der Waals surface area contributed by atoms with Crippen LogP contribution < -0.4 is 20.5 Å². The molecule has 0 radical (unpaired) electrons. The highest BCUT2D eigenvalue weighted by Gasteiger charge is 2.26. The lowest BCUT2D eigenvalue weighted by molar-refractivity contribution is 0.102. The molecule has 0 saturated heterocycles. The van der Waals surface area contributed by atoms with Gasteiger partial charge in [-0.15, -0.1) is 0 Å². The number of anilines is 2. The largest absolute Gasteiger partial charge is 0.454 e. The highest BCUT2D eigenvalue weighted by molar-refractivity contribution is 6.16. The van der Waals surface area contributed by atoms with Gasteiger partial charge in [0, 0.05) is 11.8 Å². The Bertz CT molecular complexity index is 1510. The van der Waals surface area contributed by atoms with Gasteiger partial charge in [0.1, 0.15) is 16.9 Å². The van der Waals surface area contributed by atoms with Crippen molar-refractivity contribution in [2.24, 2.45) is 0 Å². The number of nitrogens with one attached hydrogen (secondary N) is 1. The van der Waals surface area contributed by atoms with Crippen LogP contribution in [0.3, 0.4) is 0 Å². The van der Waals surface area contributed by atoms with Gasteiger partial charge in [0.2, 0.25) is 6.79 Å². The first kappa shape index (κ1) is 18.2. The number of ether oxygens (including phenoxy) is 2. The smallest absolute Gasteiger partial charge is 0.261 e. The van der Waals surface area contributed by atoms with Crippen molar-refractivity contribution in [1.29, 1.82) is 0 Å². The zero-order chi connectivity index (χ0) is 21.7. The summed E-state index contributed by atoms with van der Waals surface area (Å²) in [6.45, 7) is 0.163. The molecule has 0 spiro atoms. The molecule has 8 heteroatoms. The van der Waals surface area contributed by atoms with Crippen LogP contribution in [0.1, 0.15) is 10.4 Å². The Morgan fingerprint density at radius 1 is 0.906 bits per heavy atom. The number of nitrogens with two attached hydrogens (primary N) is 1. The lowest BCUT2D eigenvalue weighted by atomic mass is 10.2. The molecule has 32 heavy (non-hydrogen) atoms. The molecule has 0 bridgehead atoms. The van der Waals surface area contributed by atoms with Crippen molar-refractivity contribution in [3.63, 3.8) is 0 Å². The molecule has 0 unspecified atom stereocenters. The summed E-state index contributed by atoms with van der Waals surface area (Å²) in [7, 11) is 0. The van der Waals surface area contributed by atoms with E-state index in [4.69, 9.17) is 25.2 Å². The first-order valence-corrected chi connectivity index (χ1v) is 10.0. The number of benzene rings is 3. The second-order valence-corrected chi connectivity index (χ2v) is 7.34. The molecule has 156 valence electrons. The molecular formula is C24H17N5O3. The van der Waals surface area contributed by atoms with Crippen LogP contribution in [0.2, 0.25) is 0 Å². The number of hydrogen-bond acceptors (Lipinski definition) is 6. The van der Waals surface area contributed by atoms with Crippen LogP contribution in [0.25, 0.3) is 27.9 Å². The molecule has 6 rings (SSSR count). The summed E-state index contributed by atoms with van der Waals surface area (Å²) in [5.74, 6) is 1.14. The third kappa shape index (κ3) is 2.81. The van der Waals surface area contributed by atoms with E-state index in [1.165, 1.54) is 0 Å². The number of hydrogen-bond donors (Lipinski definition) is 2. The van der Waals surface area contributed by atoms with Crippen LogP contribution in [0.15, 0.2) is 72.8 Å². The van der Waals surface area contributed by atoms with E-state index in [0.717, 1.165) is 0 Å². The lowest BCUT2D eigenvalue weighted by Crippen LogP contribution is -2.14.